The summed E-state index contributed by atoms with van der Waals surface area (Å²) in [4.78, 5) is 12.3. The molecular weight excluding hydrogens is 264 g/mol. The van der Waals surface area contributed by atoms with Crippen molar-refractivity contribution in [2.45, 2.75) is 31.3 Å². The standard InChI is InChI=1S/C15H17F2NO2/c16-13-2-1-3-14(17)12(13)6-15(19)9-4-10-7-20-8-11(5-9)18-10/h1-3,9-11,18H,4-8H2. The predicted octanol–water partition coefficient (Wildman–Crippen LogP) is 1.84. The minimum Gasteiger partial charge on any atom is -0.378 e. The lowest BCUT2D eigenvalue weighted by Crippen LogP contribution is -2.55. The van der Waals surface area contributed by atoms with Crippen molar-refractivity contribution < 1.29 is 18.3 Å². The van der Waals surface area contributed by atoms with E-state index in [1.54, 1.807) is 0 Å². The minimum absolute atomic E-state index is 0.0765. The van der Waals surface area contributed by atoms with E-state index in [0.717, 1.165) is 0 Å². The summed E-state index contributed by atoms with van der Waals surface area (Å²) in [6, 6.07) is 4.06. The first-order chi connectivity index (χ1) is 9.63. The van der Waals surface area contributed by atoms with Crippen LogP contribution in [0.2, 0.25) is 0 Å². The number of fused-ring (bicyclic) bond motifs is 2. The molecule has 2 bridgehead atoms. The number of ketones is 1. The Morgan fingerprint density at radius 2 is 1.80 bits per heavy atom. The summed E-state index contributed by atoms with van der Waals surface area (Å²) in [7, 11) is 0. The monoisotopic (exact) mass is 281 g/mol. The molecule has 2 aliphatic heterocycles. The third kappa shape index (κ3) is 2.74. The molecule has 1 N–H and O–H groups in total. The lowest BCUT2D eigenvalue weighted by molar-refractivity contribution is -0.125. The van der Waals surface area contributed by atoms with Crippen molar-refractivity contribution >= 4 is 5.78 Å². The number of halogens is 2. The Morgan fingerprint density at radius 3 is 2.40 bits per heavy atom. The molecule has 20 heavy (non-hydrogen) atoms. The number of carbonyl (C=O) groups excluding carboxylic acids is 1. The third-order valence-corrected chi connectivity index (χ3v) is 4.12. The van der Waals surface area contributed by atoms with E-state index in [1.807, 2.05) is 0 Å². The summed E-state index contributed by atoms with van der Waals surface area (Å²) in [5.41, 5.74) is -0.113. The van der Waals surface area contributed by atoms with E-state index >= 15 is 0 Å². The second-order valence-corrected chi connectivity index (χ2v) is 5.61. The Balaban J connectivity index is 1.70. The lowest BCUT2D eigenvalue weighted by atomic mass is 9.82. The highest BCUT2D eigenvalue weighted by Crippen LogP contribution is 2.26. The topological polar surface area (TPSA) is 38.3 Å². The quantitative estimate of drug-likeness (QED) is 0.919. The van der Waals surface area contributed by atoms with E-state index in [9.17, 15) is 13.6 Å². The van der Waals surface area contributed by atoms with E-state index in [-0.39, 0.29) is 35.8 Å². The molecule has 0 aliphatic carbocycles. The molecule has 0 saturated carbocycles. The van der Waals surface area contributed by atoms with Crippen LogP contribution in [-0.4, -0.2) is 31.1 Å². The average Bonchev–Trinajstić information content (AvgIpc) is 2.42. The van der Waals surface area contributed by atoms with E-state index < -0.39 is 11.6 Å². The van der Waals surface area contributed by atoms with Crippen LogP contribution < -0.4 is 5.32 Å². The molecule has 0 amide bonds. The number of carbonyl (C=O) groups is 1. The van der Waals surface area contributed by atoms with Gasteiger partial charge in [0.15, 0.2) is 0 Å². The lowest BCUT2D eigenvalue weighted by Gasteiger charge is -2.39. The summed E-state index contributed by atoms with van der Waals surface area (Å²) in [5.74, 6) is -1.49. The normalized spacial score (nSPS) is 29.2. The molecule has 0 spiro atoms. The van der Waals surface area contributed by atoms with Gasteiger partial charge in [-0.15, -0.1) is 0 Å². The van der Waals surface area contributed by atoms with Crippen LogP contribution in [0.15, 0.2) is 18.2 Å². The first-order valence-electron chi connectivity index (χ1n) is 6.93. The molecule has 108 valence electrons. The van der Waals surface area contributed by atoms with Gasteiger partial charge in [0, 0.05) is 30.0 Å². The Labute approximate surface area is 116 Å². The van der Waals surface area contributed by atoms with Crippen molar-refractivity contribution in [1.82, 2.24) is 5.32 Å². The molecule has 1 aromatic rings. The van der Waals surface area contributed by atoms with Crippen LogP contribution in [0.3, 0.4) is 0 Å². The van der Waals surface area contributed by atoms with E-state index in [2.05, 4.69) is 5.32 Å². The third-order valence-electron chi connectivity index (χ3n) is 4.12. The van der Waals surface area contributed by atoms with Crippen LogP contribution >= 0.6 is 0 Å². The molecular formula is C15H17F2NO2. The number of hydrogen-bond donors (Lipinski definition) is 1. The zero-order valence-electron chi connectivity index (χ0n) is 11.1. The molecule has 2 saturated heterocycles. The number of piperidine rings is 1. The van der Waals surface area contributed by atoms with Crippen molar-refractivity contribution in [2.75, 3.05) is 13.2 Å². The van der Waals surface area contributed by atoms with Gasteiger partial charge >= 0.3 is 0 Å². The zero-order chi connectivity index (χ0) is 14.1. The smallest absolute Gasteiger partial charge is 0.140 e. The highest BCUT2D eigenvalue weighted by Gasteiger charge is 2.35. The molecule has 3 nitrogen and oxygen atoms in total. The molecule has 0 aromatic heterocycles. The number of rotatable bonds is 3. The number of Topliss-reactive ketones (excluding diaryl/α,β-unsaturated/α-hetero) is 1. The van der Waals surface area contributed by atoms with E-state index in [0.29, 0.717) is 26.1 Å². The van der Waals surface area contributed by atoms with Gasteiger partial charge in [0.25, 0.3) is 0 Å². The van der Waals surface area contributed by atoms with Gasteiger partial charge in [-0.2, -0.15) is 0 Å². The summed E-state index contributed by atoms with van der Waals surface area (Å²) >= 11 is 0. The van der Waals surface area contributed by atoms with Crippen LogP contribution in [0, 0.1) is 17.6 Å². The maximum absolute atomic E-state index is 13.6. The fourth-order valence-electron chi connectivity index (χ4n) is 3.12. The maximum Gasteiger partial charge on any atom is 0.140 e. The fraction of sp³-hybridized carbons (Fsp3) is 0.533. The van der Waals surface area contributed by atoms with Crippen LogP contribution in [0.1, 0.15) is 18.4 Å². The van der Waals surface area contributed by atoms with Gasteiger partial charge in [0.1, 0.15) is 17.4 Å². The molecule has 3 rings (SSSR count). The predicted molar refractivity (Wildman–Crippen MR) is 69.3 cm³/mol. The number of nitrogens with one attached hydrogen (secondary N) is 1. The summed E-state index contributed by atoms with van der Waals surface area (Å²) in [5, 5.41) is 3.40. The number of hydrogen-bond acceptors (Lipinski definition) is 3. The molecule has 2 fully saturated rings. The van der Waals surface area contributed by atoms with Gasteiger partial charge in [0.05, 0.1) is 13.2 Å². The Bertz CT molecular complexity index is 488. The van der Waals surface area contributed by atoms with Gasteiger partial charge in [0.2, 0.25) is 0 Å². The second kappa shape index (κ2) is 5.58. The fourth-order valence-corrected chi connectivity index (χ4v) is 3.12. The van der Waals surface area contributed by atoms with Crippen molar-refractivity contribution in [3.63, 3.8) is 0 Å². The molecule has 5 heteroatoms. The van der Waals surface area contributed by atoms with Crippen LogP contribution in [0.4, 0.5) is 8.78 Å². The maximum atomic E-state index is 13.6. The number of ether oxygens (including phenoxy) is 1. The first-order valence-corrected chi connectivity index (χ1v) is 6.93. The van der Waals surface area contributed by atoms with E-state index in [1.165, 1.54) is 18.2 Å². The molecule has 2 heterocycles. The highest BCUT2D eigenvalue weighted by molar-refractivity contribution is 5.83. The van der Waals surface area contributed by atoms with Gasteiger partial charge in [-0.3, -0.25) is 4.79 Å². The summed E-state index contributed by atoms with van der Waals surface area (Å²) in [6.07, 6.45) is 1.21. The van der Waals surface area contributed by atoms with Gasteiger partial charge < -0.3 is 10.1 Å². The van der Waals surface area contributed by atoms with Gasteiger partial charge in [-0.1, -0.05) is 6.07 Å². The van der Waals surface area contributed by atoms with Crippen LogP contribution in [0.5, 0.6) is 0 Å². The molecule has 1 aromatic carbocycles. The van der Waals surface area contributed by atoms with E-state index in [4.69, 9.17) is 4.74 Å². The molecule has 0 radical (unpaired) electrons. The minimum atomic E-state index is -0.643. The van der Waals surface area contributed by atoms with Crippen LogP contribution in [-0.2, 0) is 16.0 Å². The van der Waals surface area contributed by atoms with Crippen molar-refractivity contribution in [2.24, 2.45) is 5.92 Å². The number of benzene rings is 1. The Morgan fingerprint density at radius 1 is 1.20 bits per heavy atom. The largest absolute Gasteiger partial charge is 0.378 e. The molecule has 2 atom stereocenters. The summed E-state index contributed by atoms with van der Waals surface area (Å²) in [6.45, 7) is 1.21. The highest BCUT2D eigenvalue weighted by atomic mass is 19.1. The average molecular weight is 281 g/mol. The number of morpholine rings is 1. The molecule has 2 aliphatic rings. The first kappa shape index (κ1) is 13.6. The summed E-state index contributed by atoms with van der Waals surface area (Å²) < 4.78 is 32.6. The Hall–Kier alpha value is -1.33. The molecule has 2 unspecified atom stereocenters. The zero-order valence-corrected chi connectivity index (χ0v) is 11.1. The van der Waals surface area contributed by atoms with Crippen molar-refractivity contribution in [3.8, 4) is 0 Å². The SMILES string of the molecule is O=C(Cc1c(F)cccc1F)C1CC2COCC(C1)N2. The van der Waals surface area contributed by atoms with Crippen LogP contribution in [0.25, 0.3) is 0 Å². The van der Waals surface area contributed by atoms with Crippen molar-refractivity contribution in [1.29, 1.82) is 0 Å². The van der Waals surface area contributed by atoms with Crippen molar-refractivity contribution in [3.05, 3.63) is 35.4 Å². The second-order valence-electron chi connectivity index (χ2n) is 5.61. The van der Waals surface area contributed by atoms with Gasteiger partial charge in [-0.25, -0.2) is 8.78 Å². The van der Waals surface area contributed by atoms with Gasteiger partial charge in [-0.05, 0) is 25.0 Å². The Kier molecular flexibility index (Phi) is 3.81.